The monoisotopic (exact) mass is 672 g/mol. The SMILES string of the molecule is CCOc1c(I)cc(/C=C2\C(=O)NC(=S)N(c3cccc(Cl)c3Cl)C2=O)cc1I. The van der Waals surface area contributed by atoms with E-state index in [2.05, 4.69) is 50.5 Å². The van der Waals surface area contributed by atoms with Crippen LogP contribution in [0.3, 0.4) is 0 Å². The lowest BCUT2D eigenvalue weighted by Gasteiger charge is -2.29. The van der Waals surface area contributed by atoms with Crippen LogP contribution in [0.25, 0.3) is 6.08 Å². The third kappa shape index (κ3) is 4.71. The normalized spacial score (nSPS) is 15.7. The fraction of sp³-hybridized carbons (Fsp3) is 0.105. The Balaban J connectivity index is 2.05. The van der Waals surface area contributed by atoms with E-state index in [4.69, 9.17) is 40.2 Å². The number of nitrogens with one attached hydrogen (secondary N) is 1. The summed E-state index contributed by atoms with van der Waals surface area (Å²) in [5.41, 5.74) is 0.923. The molecule has 0 aliphatic carbocycles. The van der Waals surface area contributed by atoms with Gasteiger partial charge in [-0.1, -0.05) is 29.3 Å². The van der Waals surface area contributed by atoms with Crippen molar-refractivity contribution in [3.63, 3.8) is 0 Å². The fourth-order valence-electron chi connectivity index (χ4n) is 2.65. The van der Waals surface area contributed by atoms with Crippen molar-refractivity contribution in [2.75, 3.05) is 11.5 Å². The van der Waals surface area contributed by atoms with Crippen LogP contribution in [-0.4, -0.2) is 23.5 Å². The van der Waals surface area contributed by atoms with Crippen molar-refractivity contribution in [1.29, 1.82) is 0 Å². The lowest BCUT2D eigenvalue weighted by molar-refractivity contribution is -0.122. The molecule has 3 rings (SSSR count). The number of ether oxygens (including phenoxy) is 1. The molecule has 0 unspecified atom stereocenters. The topological polar surface area (TPSA) is 58.6 Å². The largest absolute Gasteiger partial charge is 0.492 e. The van der Waals surface area contributed by atoms with Gasteiger partial charge in [0.25, 0.3) is 11.8 Å². The van der Waals surface area contributed by atoms with Crippen LogP contribution in [0.2, 0.25) is 10.0 Å². The molecule has 0 spiro atoms. The van der Waals surface area contributed by atoms with Gasteiger partial charge in [-0.3, -0.25) is 19.8 Å². The van der Waals surface area contributed by atoms with Crippen molar-refractivity contribution in [3.8, 4) is 5.75 Å². The van der Waals surface area contributed by atoms with Crippen LogP contribution in [0.15, 0.2) is 35.9 Å². The molecule has 1 aliphatic heterocycles. The molecule has 1 fully saturated rings. The van der Waals surface area contributed by atoms with Gasteiger partial charge in [-0.25, -0.2) is 0 Å². The van der Waals surface area contributed by atoms with Crippen molar-refractivity contribution in [1.82, 2.24) is 5.32 Å². The molecule has 1 aliphatic rings. The standard InChI is InChI=1S/C19H12Cl2I2N2O3S/c1-2-28-16-12(22)7-9(8-13(16)23)6-10-17(26)24-19(29)25(18(10)27)14-5-3-4-11(20)15(14)21/h3-8H,2H2,1H3,(H,24,26,29)/b10-6+. The maximum Gasteiger partial charge on any atom is 0.270 e. The molecule has 0 saturated carbocycles. The Morgan fingerprint density at radius 3 is 2.48 bits per heavy atom. The van der Waals surface area contributed by atoms with Crippen molar-refractivity contribution < 1.29 is 14.3 Å². The number of nitrogens with zero attached hydrogens (tertiary/aromatic N) is 1. The predicted octanol–water partition coefficient (Wildman–Crippen LogP) is 5.43. The van der Waals surface area contributed by atoms with E-state index in [1.807, 2.05) is 19.1 Å². The number of hydrogen-bond donors (Lipinski definition) is 1. The number of hydrogen-bond acceptors (Lipinski definition) is 4. The minimum Gasteiger partial charge on any atom is -0.492 e. The summed E-state index contributed by atoms with van der Waals surface area (Å²) in [5, 5.41) is 2.92. The zero-order chi connectivity index (χ0) is 21.3. The molecule has 1 N–H and O–H groups in total. The predicted molar refractivity (Wildman–Crippen MR) is 136 cm³/mol. The number of anilines is 1. The summed E-state index contributed by atoms with van der Waals surface area (Å²) in [5.74, 6) is -0.390. The van der Waals surface area contributed by atoms with Crippen molar-refractivity contribution >= 4 is 109 Å². The highest BCUT2D eigenvalue weighted by molar-refractivity contribution is 14.1. The highest BCUT2D eigenvalue weighted by atomic mass is 127. The molecule has 2 aromatic carbocycles. The Labute approximate surface area is 210 Å². The average molecular weight is 673 g/mol. The number of benzene rings is 2. The van der Waals surface area contributed by atoms with Crippen LogP contribution in [0.1, 0.15) is 12.5 Å². The summed E-state index contributed by atoms with van der Waals surface area (Å²) in [6.45, 7) is 2.45. The molecule has 0 bridgehead atoms. The van der Waals surface area contributed by atoms with Crippen molar-refractivity contribution in [2.45, 2.75) is 6.92 Å². The van der Waals surface area contributed by atoms with E-state index in [9.17, 15) is 9.59 Å². The zero-order valence-electron chi connectivity index (χ0n) is 14.8. The van der Waals surface area contributed by atoms with E-state index in [0.29, 0.717) is 17.9 Å². The molecule has 2 aromatic rings. The summed E-state index contributed by atoms with van der Waals surface area (Å²) in [4.78, 5) is 26.8. The highest BCUT2D eigenvalue weighted by Crippen LogP contribution is 2.35. The van der Waals surface area contributed by atoms with Gasteiger partial charge in [0.05, 0.1) is 29.5 Å². The average Bonchev–Trinajstić information content (AvgIpc) is 2.65. The van der Waals surface area contributed by atoms with E-state index < -0.39 is 11.8 Å². The number of thiocarbonyl (C=S) groups is 1. The smallest absolute Gasteiger partial charge is 0.270 e. The van der Waals surface area contributed by atoms with Crippen LogP contribution in [0.5, 0.6) is 5.75 Å². The highest BCUT2D eigenvalue weighted by Gasteiger charge is 2.35. The molecule has 0 atom stereocenters. The van der Waals surface area contributed by atoms with Crippen LogP contribution < -0.4 is 15.0 Å². The molecule has 1 saturated heterocycles. The third-order valence-electron chi connectivity index (χ3n) is 3.89. The van der Waals surface area contributed by atoms with Crippen molar-refractivity contribution in [2.24, 2.45) is 0 Å². The third-order valence-corrected chi connectivity index (χ3v) is 6.59. The Hall–Kier alpha value is -0.950. The van der Waals surface area contributed by atoms with Gasteiger partial charge >= 0.3 is 0 Å². The first-order valence-corrected chi connectivity index (χ1v) is 11.5. The molecule has 2 amide bonds. The second-order valence-corrected chi connectivity index (χ2v) is 9.27. The molecular weight excluding hydrogens is 661 g/mol. The first-order chi connectivity index (χ1) is 13.7. The molecule has 0 radical (unpaired) electrons. The van der Waals surface area contributed by atoms with Crippen molar-refractivity contribution in [3.05, 3.63) is 58.7 Å². The van der Waals surface area contributed by atoms with Crippen LogP contribution in [0, 0.1) is 7.14 Å². The quantitative estimate of drug-likeness (QED) is 0.204. The minimum atomic E-state index is -0.582. The van der Waals surface area contributed by atoms with E-state index in [0.717, 1.165) is 12.9 Å². The number of amides is 2. The summed E-state index contributed by atoms with van der Waals surface area (Å²) in [6.07, 6.45) is 1.52. The number of halogens is 4. The Kier molecular flexibility index (Phi) is 7.41. The summed E-state index contributed by atoms with van der Waals surface area (Å²) < 4.78 is 7.38. The second kappa shape index (κ2) is 9.46. The summed E-state index contributed by atoms with van der Waals surface area (Å²) in [6, 6.07) is 8.53. The summed E-state index contributed by atoms with van der Waals surface area (Å²) in [7, 11) is 0. The van der Waals surface area contributed by atoms with E-state index in [1.165, 1.54) is 11.0 Å². The molecule has 29 heavy (non-hydrogen) atoms. The van der Waals surface area contributed by atoms with Gasteiger partial charge in [-0.2, -0.15) is 0 Å². The van der Waals surface area contributed by atoms with Gasteiger partial charge in [-0.05, 0) is 100 Å². The Bertz CT molecular complexity index is 1050. The van der Waals surface area contributed by atoms with Gasteiger partial charge < -0.3 is 4.74 Å². The summed E-state index contributed by atoms with van der Waals surface area (Å²) >= 11 is 21.8. The lowest BCUT2D eigenvalue weighted by atomic mass is 10.1. The molecule has 1 heterocycles. The van der Waals surface area contributed by atoms with E-state index in [-0.39, 0.29) is 20.7 Å². The first kappa shape index (κ1) is 22.7. The van der Waals surface area contributed by atoms with Crippen LogP contribution >= 0.6 is 80.6 Å². The van der Waals surface area contributed by atoms with E-state index >= 15 is 0 Å². The van der Waals surface area contributed by atoms with Gasteiger partial charge in [0.2, 0.25) is 0 Å². The zero-order valence-corrected chi connectivity index (χ0v) is 21.4. The van der Waals surface area contributed by atoms with Gasteiger partial charge in [-0.15, -0.1) is 0 Å². The maximum absolute atomic E-state index is 13.1. The number of carbonyl (C=O) groups is 2. The van der Waals surface area contributed by atoms with Gasteiger partial charge in [0.15, 0.2) is 5.11 Å². The second-order valence-electron chi connectivity index (χ2n) is 5.78. The maximum atomic E-state index is 13.1. The van der Waals surface area contributed by atoms with E-state index in [1.54, 1.807) is 18.2 Å². The number of rotatable bonds is 4. The molecular formula is C19H12Cl2I2N2O3S. The first-order valence-electron chi connectivity index (χ1n) is 8.22. The van der Waals surface area contributed by atoms with Crippen LogP contribution in [0.4, 0.5) is 5.69 Å². The fourth-order valence-corrected chi connectivity index (χ4v) is 5.43. The molecule has 10 heteroatoms. The molecule has 150 valence electrons. The van der Waals surface area contributed by atoms with Crippen LogP contribution in [-0.2, 0) is 9.59 Å². The Morgan fingerprint density at radius 1 is 1.21 bits per heavy atom. The van der Waals surface area contributed by atoms with Gasteiger partial charge in [0.1, 0.15) is 11.3 Å². The molecule has 0 aromatic heterocycles. The minimum absolute atomic E-state index is 0.0582. The lowest BCUT2D eigenvalue weighted by Crippen LogP contribution is -2.54. The number of carbonyl (C=O) groups excluding carboxylic acids is 2. The van der Waals surface area contributed by atoms with Gasteiger partial charge in [0, 0.05) is 0 Å². The Morgan fingerprint density at radius 2 is 1.86 bits per heavy atom. The molecule has 5 nitrogen and oxygen atoms in total.